The van der Waals surface area contributed by atoms with Crippen LogP contribution in [0.15, 0.2) is 54.6 Å². The number of nitrogens with zero attached hydrogens (tertiary/aromatic N) is 3. The van der Waals surface area contributed by atoms with E-state index in [9.17, 15) is 4.79 Å². The van der Waals surface area contributed by atoms with Gasteiger partial charge in [-0.05, 0) is 55.3 Å². The van der Waals surface area contributed by atoms with Crippen LogP contribution in [0.3, 0.4) is 0 Å². The summed E-state index contributed by atoms with van der Waals surface area (Å²) in [4.78, 5) is 14.8. The van der Waals surface area contributed by atoms with Crippen molar-refractivity contribution in [2.45, 2.75) is 12.8 Å². The molecule has 1 aliphatic rings. The Morgan fingerprint density at radius 2 is 1.60 bits per heavy atom. The van der Waals surface area contributed by atoms with Gasteiger partial charge >= 0.3 is 0 Å². The van der Waals surface area contributed by atoms with Crippen molar-refractivity contribution >= 4 is 52.2 Å². The van der Waals surface area contributed by atoms with Crippen LogP contribution in [0.1, 0.15) is 12.8 Å². The van der Waals surface area contributed by atoms with E-state index in [-0.39, 0.29) is 11.8 Å². The Bertz CT molecular complexity index is 1030. The number of rotatable bonds is 4. The van der Waals surface area contributed by atoms with E-state index in [1.807, 2.05) is 36.4 Å². The van der Waals surface area contributed by atoms with E-state index >= 15 is 0 Å². The van der Waals surface area contributed by atoms with Crippen LogP contribution in [0, 0.1) is 5.92 Å². The van der Waals surface area contributed by atoms with Crippen molar-refractivity contribution in [3.63, 3.8) is 0 Å². The standard InChI is InChI=1S/C22H19Cl3N4O/c23-16-3-1-14(2-4-16)19-7-8-21(28-27-19)29-11-9-15(10-12-29)22(30)26-20-6-5-17(24)13-18(20)25/h1-8,13,15H,9-12H2,(H,26,30). The van der Waals surface area contributed by atoms with Crippen molar-refractivity contribution in [3.8, 4) is 11.3 Å². The zero-order chi connectivity index (χ0) is 21.1. The van der Waals surface area contributed by atoms with Crippen LogP contribution in [0.2, 0.25) is 15.1 Å². The molecule has 0 saturated carbocycles. The van der Waals surface area contributed by atoms with Gasteiger partial charge in [-0.1, -0.05) is 46.9 Å². The van der Waals surface area contributed by atoms with E-state index in [2.05, 4.69) is 20.4 Å². The maximum atomic E-state index is 12.6. The van der Waals surface area contributed by atoms with Crippen LogP contribution in [0.25, 0.3) is 11.3 Å². The molecule has 8 heteroatoms. The van der Waals surface area contributed by atoms with Crippen LogP contribution in [-0.4, -0.2) is 29.2 Å². The molecule has 1 saturated heterocycles. The highest BCUT2D eigenvalue weighted by atomic mass is 35.5. The minimum absolute atomic E-state index is 0.0250. The number of hydrogen-bond acceptors (Lipinski definition) is 4. The summed E-state index contributed by atoms with van der Waals surface area (Å²) in [5, 5.41) is 13.3. The SMILES string of the molecule is O=C(Nc1ccc(Cl)cc1Cl)C1CCN(c2ccc(-c3ccc(Cl)cc3)nn2)CC1. The number of halogens is 3. The molecule has 3 aromatic rings. The first-order valence-electron chi connectivity index (χ1n) is 9.60. The fourth-order valence-corrected chi connectivity index (χ4v) is 4.05. The van der Waals surface area contributed by atoms with Crippen molar-refractivity contribution in [1.29, 1.82) is 0 Å². The number of nitrogens with one attached hydrogen (secondary N) is 1. The third-order valence-electron chi connectivity index (χ3n) is 5.17. The van der Waals surface area contributed by atoms with Gasteiger partial charge in [0.05, 0.1) is 16.4 Å². The van der Waals surface area contributed by atoms with Gasteiger partial charge in [0.2, 0.25) is 5.91 Å². The Hall–Kier alpha value is -2.34. The average Bonchev–Trinajstić information content (AvgIpc) is 2.76. The van der Waals surface area contributed by atoms with Crippen molar-refractivity contribution in [2.24, 2.45) is 5.92 Å². The lowest BCUT2D eigenvalue weighted by atomic mass is 9.95. The molecule has 0 radical (unpaired) electrons. The first kappa shape index (κ1) is 20.9. The lowest BCUT2D eigenvalue weighted by molar-refractivity contribution is -0.120. The van der Waals surface area contributed by atoms with Gasteiger partial charge in [-0.15, -0.1) is 10.2 Å². The predicted octanol–water partition coefficient (Wildman–Crippen LogP) is 5.96. The van der Waals surface area contributed by atoms with Crippen LogP contribution < -0.4 is 10.2 Å². The molecule has 1 amide bonds. The lowest BCUT2D eigenvalue weighted by Gasteiger charge is -2.31. The predicted molar refractivity (Wildman–Crippen MR) is 123 cm³/mol. The van der Waals surface area contributed by atoms with E-state index in [0.717, 1.165) is 43.0 Å². The molecule has 0 bridgehead atoms. The molecule has 30 heavy (non-hydrogen) atoms. The maximum absolute atomic E-state index is 12.6. The second kappa shape index (κ2) is 9.21. The molecular weight excluding hydrogens is 443 g/mol. The van der Waals surface area contributed by atoms with Crippen molar-refractivity contribution in [2.75, 3.05) is 23.3 Å². The number of carbonyl (C=O) groups is 1. The molecule has 1 fully saturated rings. The molecule has 1 aliphatic heterocycles. The average molecular weight is 462 g/mol. The zero-order valence-electron chi connectivity index (χ0n) is 16.0. The number of piperidine rings is 1. The third-order valence-corrected chi connectivity index (χ3v) is 5.97. The number of anilines is 2. The van der Waals surface area contributed by atoms with Gasteiger partial charge in [-0.25, -0.2) is 0 Å². The van der Waals surface area contributed by atoms with E-state index in [0.29, 0.717) is 20.8 Å². The minimum Gasteiger partial charge on any atom is -0.355 e. The second-order valence-corrected chi connectivity index (χ2v) is 8.44. The van der Waals surface area contributed by atoms with E-state index in [4.69, 9.17) is 34.8 Å². The molecule has 2 aromatic carbocycles. The van der Waals surface area contributed by atoms with Gasteiger partial charge < -0.3 is 10.2 Å². The summed E-state index contributed by atoms with van der Waals surface area (Å²) in [5.74, 6) is 0.713. The maximum Gasteiger partial charge on any atom is 0.227 e. The Balaban J connectivity index is 1.34. The smallest absolute Gasteiger partial charge is 0.227 e. The molecule has 0 aliphatic carbocycles. The number of carbonyl (C=O) groups excluding carboxylic acids is 1. The van der Waals surface area contributed by atoms with Crippen molar-refractivity contribution in [3.05, 3.63) is 69.7 Å². The highest BCUT2D eigenvalue weighted by Gasteiger charge is 2.26. The van der Waals surface area contributed by atoms with Gasteiger partial charge in [0, 0.05) is 34.6 Å². The highest BCUT2D eigenvalue weighted by Crippen LogP contribution is 2.28. The molecule has 2 heterocycles. The zero-order valence-corrected chi connectivity index (χ0v) is 18.3. The Morgan fingerprint density at radius 3 is 2.23 bits per heavy atom. The first-order valence-corrected chi connectivity index (χ1v) is 10.7. The second-order valence-electron chi connectivity index (χ2n) is 7.16. The summed E-state index contributed by atoms with van der Waals surface area (Å²) in [6.45, 7) is 1.48. The van der Waals surface area contributed by atoms with Gasteiger partial charge in [0.25, 0.3) is 0 Å². The molecule has 1 N–H and O–H groups in total. The van der Waals surface area contributed by atoms with Gasteiger partial charge in [0.1, 0.15) is 0 Å². The Labute approximate surface area is 190 Å². The number of amides is 1. The third kappa shape index (κ3) is 4.86. The summed E-state index contributed by atoms with van der Waals surface area (Å²) in [6.07, 6.45) is 1.47. The van der Waals surface area contributed by atoms with Gasteiger partial charge in [-0.2, -0.15) is 0 Å². The normalized spacial score (nSPS) is 14.6. The molecule has 1 aromatic heterocycles. The largest absolute Gasteiger partial charge is 0.355 e. The summed E-state index contributed by atoms with van der Waals surface area (Å²) < 4.78 is 0. The van der Waals surface area contributed by atoms with Crippen LogP contribution in [0.4, 0.5) is 11.5 Å². The lowest BCUT2D eigenvalue weighted by Crippen LogP contribution is -2.38. The number of hydrogen-bond donors (Lipinski definition) is 1. The topological polar surface area (TPSA) is 58.1 Å². The summed E-state index contributed by atoms with van der Waals surface area (Å²) in [5.41, 5.74) is 2.34. The monoisotopic (exact) mass is 460 g/mol. The van der Waals surface area contributed by atoms with Gasteiger partial charge in [0.15, 0.2) is 5.82 Å². The van der Waals surface area contributed by atoms with E-state index in [1.54, 1.807) is 18.2 Å². The Kier molecular flexibility index (Phi) is 6.42. The van der Waals surface area contributed by atoms with Crippen molar-refractivity contribution < 1.29 is 4.79 Å². The van der Waals surface area contributed by atoms with Crippen LogP contribution >= 0.6 is 34.8 Å². The van der Waals surface area contributed by atoms with E-state index in [1.165, 1.54) is 0 Å². The fourth-order valence-electron chi connectivity index (χ4n) is 3.46. The fraction of sp³-hybridized carbons (Fsp3) is 0.227. The number of benzene rings is 2. The van der Waals surface area contributed by atoms with Crippen molar-refractivity contribution in [1.82, 2.24) is 10.2 Å². The summed E-state index contributed by atoms with van der Waals surface area (Å²) in [7, 11) is 0. The summed E-state index contributed by atoms with van der Waals surface area (Å²) >= 11 is 18.0. The molecule has 154 valence electrons. The van der Waals surface area contributed by atoms with Crippen LogP contribution in [-0.2, 0) is 4.79 Å². The van der Waals surface area contributed by atoms with Crippen LogP contribution in [0.5, 0.6) is 0 Å². The Morgan fingerprint density at radius 1 is 0.900 bits per heavy atom. The molecule has 0 unspecified atom stereocenters. The first-order chi connectivity index (χ1) is 14.5. The highest BCUT2D eigenvalue weighted by molar-refractivity contribution is 6.36. The molecular formula is C22H19Cl3N4O. The summed E-state index contributed by atoms with van der Waals surface area (Å²) in [6, 6.07) is 16.5. The van der Waals surface area contributed by atoms with Gasteiger partial charge in [-0.3, -0.25) is 4.79 Å². The quantitative estimate of drug-likeness (QED) is 0.521. The molecule has 5 nitrogen and oxygen atoms in total. The van der Waals surface area contributed by atoms with E-state index < -0.39 is 0 Å². The molecule has 0 atom stereocenters. The number of aromatic nitrogens is 2. The minimum atomic E-state index is -0.0747. The molecule has 4 rings (SSSR count). The molecule has 0 spiro atoms.